The predicted octanol–water partition coefficient (Wildman–Crippen LogP) is 2.37. The Bertz CT molecular complexity index is 485. The van der Waals surface area contributed by atoms with Gasteiger partial charge in [0.2, 0.25) is 0 Å². The van der Waals surface area contributed by atoms with Crippen molar-refractivity contribution < 1.29 is 14.6 Å². The summed E-state index contributed by atoms with van der Waals surface area (Å²) >= 11 is 0. The molecule has 0 aromatic heterocycles. The zero-order valence-corrected chi connectivity index (χ0v) is 13.3. The molecule has 1 aromatic rings. The second kappa shape index (κ2) is 8.03. The van der Waals surface area contributed by atoms with Crippen LogP contribution >= 0.6 is 0 Å². The van der Waals surface area contributed by atoms with Gasteiger partial charge in [-0.2, -0.15) is 0 Å². The molecule has 5 heteroatoms. The fraction of sp³-hybridized carbons (Fsp3) is 0.588. The number of benzene rings is 1. The minimum Gasteiger partial charge on any atom is -0.491 e. The first-order valence-corrected chi connectivity index (χ1v) is 7.97. The highest BCUT2D eigenvalue weighted by atomic mass is 16.5. The highest BCUT2D eigenvalue weighted by Crippen LogP contribution is 2.18. The molecule has 1 aromatic carbocycles. The Kier molecular flexibility index (Phi) is 6.07. The Morgan fingerprint density at radius 1 is 1.36 bits per heavy atom. The average Bonchev–Trinajstić information content (AvgIpc) is 2.47. The number of carbonyl (C=O) groups excluding carboxylic acids is 1. The third kappa shape index (κ3) is 5.56. The topological polar surface area (TPSA) is 70.6 Å². The molecule has 1 fully saturated rings. The largest absolute Gasteiger partial charge is 0.491 e. The number of carbonyl (C=O) groups is 1. The van der Waals surface area contributed by atoms with E-state index in [1.165, 1.54) is 0 Å². The van der Waals surface area contributed by atoms with Gasteiger partial charge in [-0.1, -0.05) is 12.1 Å². The molecular weight excluding hydrogens is 280 g/mol. The van der Waals surface area contributed by atoms with Gasteiger partial charge < -0.3 is 20.5 Å². The monoisotopic (exact) mass is 306 g/mol. The second-order valence-electron chi connectivity index (χ2n) is 6.15. The minimum atomic E-state index is -0.206. The van der Waals surface area contributed by atoms with Crippen LogP contribution in [-0.4, -0.2) is 35.9 Å². The van der Waals surface area contributed by atoms with E-state index in [4.69, 9.17) is 4.74 Å². The van der Waals surface area contributed by atoms with Crippen LogP contribution in [0.25, 0.3) is 0 Å². The van der Waals surface area contributed by atoms with Crippen molar-refractivity contribution in [1.82, 2.24) is 10.6 Å². The summed E-state index contributed by atoms with van der Waals surface area (Å²) in [5.74, 6) is 0.815. The molecule has 0 bridgehead atoms. The van der Waals surface area contributed by atoms with Gasteiger partial charge in [0.25, 0.3) is 0 Å². The van der Waals surface area contributed by atoms with Crippen molar-refractivity contribution in [2.24, 2.45) is 0 Å². The van der Waals surface area contributed by atoms with E-state index in [0.29, 0.717) is 6.61 Å². The summed E-state index contributed by atoms with van der Waals surface area (Å²) in [6.07, 6.45) is 2.99. The van der Waals surface area contributed by atoms with Gasteiger partial charge in [0.1, 0.15) is 12.4 Å². The summed E-state index contributed by atoms with van der Waals surface area (Å²) in [4.78, 5) is 11.9. The van der Waals surface area contributed by atoms with Gasteiger partial charge in [-0.25, -0.2) is 4.79 Å². The SMILES string of the molecule is Cc1cccc(OC[C@H](C)NC(=O)NC2CCC(O)CC2)c1. The quantitative estimate of drug-likeness (QED) is 0.782. The molecule has 122 valence electrons. The highest BCUT2D eigenvalue weighted by molar-refractivity contribution is 5.74. The Hall–Kier alpha value is -1.75. The molecule has 3 N–H and O–H groups in total. The lowest BCUT2D eigenvalue weighted by Gasteiger charge is -2.27. The Morgan fingerprint density at radius 2 is 2.09 bits per heavy atom. The molecule has 2 rings (SSSR count). The van der Waals surface area contributed by atoms with Gasteiger partial charge >= 0.3 is 6.03 Å². The number of aryl methyl sites for hydroxylation is 1. The lowest BCUT2D eigenvalue weighted by molar-refractivity contribution is 0.117. The number of aliphatic hydroxyl groups excluding tert-OH is 1. The van der Waals surface area contributed by atoms with Crippen molar-refractivity contribution in [2.45, 2.75) is 57.7 Å². The summed E-state index contributed by atoms with van der Waals surface area (Å²) in [6, 6.07) is 7.77. The molecule has 0 aliphatic heterocycles. The molecule has 0 saturated heterocycles. The molecule has 0 unspecified atom stereocenters. The van der Waals surface area contributed by atoms with Crippen LogP contribution in [0.2, 0.25) is 0 Å². The van der Waals surface area contributed by atoms with Gasteiger partial charge in [0, 0.05) is 6.04 Å². The van der Waals surface area contributed by atoms with Crippen molar-refractivity contribution in [2.75, 3.05) is 6.61 Å². The Balaban J connectivity index is 1.67. The van der Waals surface area contributed by atoms with E-state index < -0.39 is 0 Å². The smallest absolute Gasteiger partial charge is 0.315 e. The Morgan fingerprint density at radius 3 is 2.77 bits per heavy atom. The van der Waals surface area contributed by atoms with Crippen molar-refractivity contribution in [3.8, 4) is 5.75 Å². The van der Waals surface area contributed by atoms with Crippen LogP contribution in [0, 0.1) is 6.92 Å². The molecule has 0 heterocycles. The van der Waals surface area contributed by atoms with Crippen molar-refractivity contribution in [3.05, 3.63) is 29.8 Å². The molecule has 0 radical (unpaired) electrons. The van der Waals surface area contributed by atoms with Crippen LogP contribution in [0.5, 0.6) is 5.75 Å². The maximum Gasteiger partial charge on any atom is 0.315 e. The summed E-state index contributed by atoms with van der Waals surface area (Å²) in [6.45, 7) is 4.36. The zero-order chi connectivity index (χ0) is 15.9. The number of nitrogens with one attached hydrogen (secondary N) is 2. The molecule has 1 saturated carbocycles. The normalized spacial score (nSPS) is 22.7. The first kappa shape index (κ1) is 16.6. The van der Waals surface area contributed by atoms with Crippen LogP contribution in [0.15, 0.2) is 24.3 Å². The lowest BCUT2D eigenvalue weighted by atomic mass is 9.93. The van der Waals surface area contributed by atoms with Crippen molar-refractivity contribution in [1.29, 1.82) is 0 Å². The van der Waals surface area contributed by atoms with E-state index in [-0.39, 0.29) is 24.2 Å². The molecule has 0 spiro atoms. The maximum absolute atomic E-state index is 11.9. The standard InChI is InChI=1S/C17H26N2O3/c1-12-4-3-5-16(10-12)22-11-13(2)18-17(21)19-14-6-8-15(20)9-7-14/h3-5,10,13-15,20H,6-9,11H2,1-2H3,(H2,18,19,21)/t13-,14?,15?/m0/s1. The van der Waals surface area contributed by atoms with Gasteiger partial charge in [-0.3, -0.25) is 0 Å². The fourth-order valence-electron chi connectivity index (χ4n) is 2.64. The Labute approximate surface area is 132 Å². The van der Waals surface area contributed by atoms with E-state index in [9.17, 15) is 9.90 Å². The molecular formula is C17H26N2O3. The third-order valence-electron chi connectivity index (χ3n) is 3.90. The van der Waals surface area contributed by atoms with Crippen LogP contribution in [-0.2, 0) is 0 Å². The molecule has 1 aliphatic rings. The van der Waals surface area contributed by atoms with E-state index in [0.717, 1.165) is 37.0 Å². The van der Waals surface area contributed by atoms with Gasteiger partial charge in [0.15, 0.2) is 0 Å². The van der Waals surface area contributed by atoms with Crippen molar-refractivity contribution in [3.63, 3.8) is 0 Å². The van der Waals surface area contributed by atoms with Gasteiger partial charge in [0.05, 0.1) is 12.1 Å². The number of ether oxygens (including phenoxy) is 1. The lowest BCUT2D eigenvalue weighted by Crippen LogP contribution is -2.48. The molecule has 5 nitrogen and oxygen atoms in total. The average molecular weight is 306 g/mol. The first-order chi connectivity index (χ1) is 10.5. The molecule has 22 heavy (non-hydrogen) atoms. The summed E-state index contributed by atoms with van der Waals surface area (Å²) in [7, 11) is 0. The summed E-state index contributed by atoms with van der Waals surface area (Å²) in [5, 5.41) is 15.3. The number of aliphatic hydroxyl groups is 1. The van der Waals surface area contributed by atoms with E-state index in [1.54, 1.807) is 0 Å². The number of urea groups is 1. The van der Waals surface area contributed by atoms with Crippen LogP contribution < -0.4 is 15.4 Å². The third-order valence-corrected chi connectivity index (χ3v) is 3.90. The second-order valence-corrected chi connectivity index (χ2v) is 6.15. The number of hydrogen-bond acceptors (Lipinski definition) is 3. The molecule has 2 amide bonds. The van der Waals surface area contributed by atoms with Gasteiger partial charge in [-0.05, 0) is 57.2 Å². The minimum absolute atomic E-state index is 0.0744. The fourth-order valence-corrected chi connectivity index (χ4v) is 2.64. The predicted molar refractivity (Wildman–Crippen MR) is 86.1 cm³/mol. The number of rotatable bonds is 5. The van der Waals surface area contributed by atoms with E-state index >= 15 is 0 Å². The van der Waals surface area contributed by atoms with Crippen molar-refractivity contribution >= 4 is 6.03 Å². The van der Waals surface area contributed by atoms with Gasteiger partial charge in [-0.15, -0.1) is 0 Å². The highest BCUT2D eigenvalue weighted by Gasteiger charge is 2.21. The molecule has 1 atom stereocenters. The van der Waals surface area contributed by atoms with Crippen LogP contribution in [0.4, 0.5) is 4.79 Å². The summed E-state index contributed by atoms with van der Waals surface area (Å²) < 4.78 is 5.68. The van der Waals surface area contributed by atoms with Crippen LogP contribution in [0.1, 0.15) is 38.2 Å². The summed E-state index contributed by atoms with van der Waals surface area (Å²) in [5.41, 5.74) is 1.15. The molecule has 1 aliphatic carbocycles. The first-order valence-electron chi connectivity index (χ1n) is 7.97. The maximum atomic E-state index is 11.9. The van der Waals surface area contributed by atoms with E-state index in [2.05, 4.69) is 10.6 Å². The number of hydrogen-bond donors (Lipinski definition) is 3. The number of amides is 2. The zero-order valence-electron chi connectivity index (χ0n) is 13.3. The van der Waals surface area contributed by atoms with Crippen LogP contribution in [0.3, 0.4) is 0 Å². The van der Waals surface area contributed by atoms with E-state index in [1.807, 2.05) is 38.1 Å².